The van der Waals surface area contributed by atoms with Crippen molar-refractivity contribution in [2.24, 2.45) is 0 Å². The van der Waals surface area contributed by atoms with Gasteiger partial charge in [0.1, 0.15) is 18.2 Å². The highest BCUT2D eigenvalue weighted by molar-refractivity contribution is 9.10. The molecule has 2 aromatic carbocycles. The Labute approximate surface area is 123 Å². The van der Waals surface area contributed by atoms with Gasteiger partial charge in [-0.15, -0.1) is 0 Å². The molecule has 2 rings (SSSR count). The van der Waals surface area contributed by atoms with E-state index in [0.717, 1.165) is 4.47 Å². The summed E-state index contributed by atoms with van der Waals surface area (Å²) in [4.78, 5) is 0. The summed E-state index contributed by atoms with van der Waals surface area (Å²) in [5.74, 6) is 0.150. The van der Waals surface area contributed by atoms with Crippen LogP contribution in [0, 0.1) is 5.82 Å². The minimum Gasteiger partial charge on any atom is -0.488 e. The van der Waals surface area contributed by atoms with E-state index in [9.17, 15) is 9.50 Å². The molecule has 5 heteroatoms. The number of halogens is 3. The molecule has 0 bridgehead atoms. The Morgan fingerprint density at radius 3 is 2.68 bits per heavy atom. The minimum atomic E-state index is -0.368. The second-order valence-electron chi connectivity index (χ2n) is 3.93. The van der Waals surface area contributed by atoms with Crippen molar-refractivity contribution in [3.8, 4) is 5.75 Å². The smallest absolute Gasteiger partial charge is 0.129 e. The van der Waals surface area contributed by atoms with Gasteiger partial charge in [0.2, 0.25) is 0 Å². The maximum Gasteiger partial charge on any atom is 0.129 e. The van der Waals surface area contributed by atoms with Gasteiger partial charge < -0.3 is 9.84 Å². The molecule has 0 amide bonds. The van der Waals surface area contributed by atoms with Crippen LogP contribution in [0.15, 0.2) is 40.9 Å². The molecule has 0 atom stereocenters. The Morgan fingerprint density at radius 2 is 1.95 bits per heavy atom. The third kappa shape index (κ3) is 3.69. The molecule has 0 saturated heterocycles. The molecule has 19 heavy (non-hydrogen) atoms. The van der Waals surface area contributed by atoms with Crippen LogP contribution in [0.4, 0.5) is 4.39 Å². The van der Waals surface area contributed by atoms with Gasteiger partial charge in [-0.3, -0.25) is 0 Å². The predicted octanol–water partition coefficient (Wildman–Crippen LogP) is 4.31. The van der Waals surface area contributed by atoms with Gasteiger partial charge in [0.05, 0.1) is 6.61 Å². The van der Waals surface area contributed by atoms with Crippen molar-refractivity contribution in [1.82, 2.24) is 0 Å². The van der Waals surface area contributed by atoms with Crippen molar-refractivity contribution in [1.29, 1.82) is 0 Å². The maximum absolute atomic E-state index is 13.5. The average Bonchev–Trinajstić information content (AvgIpc) is 2.40. The first kappa shape index (κ1) is 14.3. The standard InChI is InChI=1S/C14H11BrClFO2/c15-11-1-4-14(9(5-11)7-18)19-8-10-6-12(16)2-3-13(10)17/h1-6,18H,7-8H2. The van der Waals surface area contributed by atoms with Crippen molar-refractivity contribution in [3.63, 3.8) is 0 Å². The molecule has 100 valence electrons. The molecular formula is C14H11BrClFO2. The van der Waals surface area contributed by atoms with Crippen LogP contribution in [0.5, 0.6) is 5.75 Å². The molecule has 2 nitrogen and oxygen atoms in total. The Kier molecular flexibility index (Phi) is 4.80. The quantitative estimate of drug-likeness (QED) is 0.894. The normalized spacial score (nSPS) is 10.5. The molecule has 0 fully saturated rings. The number of rotatable bonds is 4. The summed E-state index contributed by atoms with van der Waals surface area (Å²) in [6.07, 6.45) is 0. The highest BCUT2D eigenvalue weighted by Crippen LogP contribution is 2.25. The fourth-order valence-corrected chi connectivity index (χ4v) is 2.23. The fraction of sp³-hybridized carbons (Fsp3) is 0.143. The molecule has 0 radical (unpaired) electrons. The predicted molar refractivity (Wildman–Crippen MR) is 75.8 cm³/mol. The van der Waals surface area contributed by atoms with Crippen molar-refractivity contribution in [2.45, 2.75) is 13.2 Å². The molecule has 0 aliphatic carbocycles. The van der Waals surface area contributed by atoms with Crippen LogP contribution in [0.1, 0.15) is 11.1 Å². The Bertz CT molecular complexity index is 590. The first-order valence-electron chi connectivity index (χ1n) is 5.56. The summed E-state index contributed by atoms with van der Waals surface area (Å²) in [6.45, 7) is -0.0895. The molecule has 2 aromatic rings. The Balaban J connectivity index is 2.16. The lowest BCUT2D eigenvalue weighted by Crippen LogP contribution is -2.01. The van der Waals surface area contributed by atoms with Crippen molar-refractivity contribution in [2.75, 3.05) is 0 Å². The highest BCUT2D eigenvalue weighted by Gasteiger charge is 2.07. The monoisotopic (exact) mass is 344 g/mol. The van der Waals surface area contributed by atoms with Gasteiger partial charge in [-0.25, -0.2) is 4.39 Å². The lowest BCUT2D eigenvalue weighted by Gasteiger charge is -2.11. The molecule has 1 N–H and O–H groups in total. The summed E-state index contributed by atoms with van der Waals surface area (Å²) < 4.78 is 19.9. The Hall–Kier alpha value is -1.10. The van der Waals surface area contributed by atoms with Crippen LogP contribution in [0.3, 0.4) is 0 Å². The summed E-state index contributed by atoms with van der Waals surface area (Å²) in [5, 5.41) is 9.70. The first-order chi connectivity index (χ1) is 9.10. The summed E-state index contributed by atoms with van der Waals surface area (Å²) in [5.41, 5.74) is 1.01. The highest BCUT2D eigenvalue weighted by atomic mass is 79.9. The Morgan fingerprint density at radius 1 is 1.16 bits per heavy atom. The summed E-state index contributed by atoms with van der Waals surface area (Å²) >= 11 is 9.12. The van der Waals surface area contributed by atoms with E-state index in [4.69, 9.17) is 16.3 Å². The maximum atomic E-state index is 13.5. The fourth-order valence-electron chi connectivity index (χ4n) is 1.62. The van der Waals surface area contributed by atoms with Crippen molar-refractivity contribution >= 4 is 27.5 Å². The van der Waals surface area contributed by atoms with Gasteiger partial charge in [0.25, 0.3) is 0 Å². The van der Waals surface area contributed by atoms with Gasteiger partial charge in [-0.2, -0.15) is 0 Å². The molecule has 0 aliphatic rings. The molecule has 0 heterocycles. The number of ether oxygens (including phenoxy) is 1. The number of aliphatic hydroxyl groups excluding tert-OH is 1. The average molecular weight is 346 g/mol. The van der Waals surface area contributed by atoms with E-state index >= 15 is 0 Å². The largest absolute Gasteiger partial charge is 0.488 e. The van der Waals surface area contributed by atoms with E-state index in [0.29, 0.717) is 21.9 Å². The molecule has 0 unspecified atom stereocenters. The van der Waals surface area contributed by atoms with Crippen LogP contribution in [0.2, 0.25) is 5.02 Å². The van der Waals surface area contributed by atoms with Crippen LogP contribution in [0.25, 0.3) is 0 Å². The van der Waals surface area contributed by atoms with Crippen LogP contribution < -0.4 is 4.74 Å². The number of hydrogen-bond donors (Lipinski definition) is 1. The van der Waals surface area contributed by atoms with E-state index in [1.54, 1.807) is 18.2 Å². The zero-order chi connectivity index (χ0) is 13.8. The van der Waals surface area contributed by atoms with Crippen molar-refractivity contribution < 1.29 is 14.2 Å². The van der Waals surface area contributed by atoms with Gasteiger partial charge in [0, 0.05) is 20.6 Å². The van der Waals surface area contributed by atoms with Gasteiger partial charge in [-0.1, -0.05) is 27.5 Å². The molecule has 0 saturated carbocycles. The third-order valence-corrected chi connectivity index (χ3v) is 3.31. The topological polar surface area (TPSA) is 29.5 Å². The lowest BCUT2D eigenvalue weighted by molar-refractivity contribution is 0.257. The number of hydrogen-bond acceptors (Lipinski definition) is 2. The third-order valence-electron chi connectivity index (χ3n) is 2.58. The second-order valence-corrected chi connectivity index (χ2v) is 5.29. The van der Waals surface area contributed by atoms with E-state index in [1.807, 2.05) is 0 Å². The molecular weight excluding hydrogens is 335 g/mol. The van der Waals surface area contributed by atoms with Crippen molar-refractivity contribution in [3.05, 3.63) is 62.8 Å². The van der Waals surface area contributed by atoms with E-state index < -0.39 is 0 Å². The van der Waals surface area contributed by atoms with E-state index in [2.05, 4.69) is 15.9 Å². The minimum absolute atomic E-state index is 0.0566. The first-order valence-corrected chi connectivity index (χ1v) is 6.73. The van der Waals surface area contributed by atoms with Gasteiger partial charge in [0.15, 0.2) is 0 Å². The van der Waals surface area contributed by atoms with Gasteiger partial charge >= 0.3 is 0 Å². The second kappa shape index (κ2) is 6.37. The van der Waals surface area contributed by atoms with Gasteiger partial charge in [-0.05, 0) is 36.4 Å². The van der Waals surface area contributed by atoms with Crippen LogP contribution in [-0.4, -0.2) is 5.11 Å². The molecule has 0 aromatic heterocycles. The van der Waals surface area contributed by atoms with E-state index in [1.165, 1.54) is 18.2 Å². The zero-order valence-electron chi connectivity index (χ0n) is 9.87. The van der Waals surface area contributed by atoms with Crippen LogP contribution >= 0.6 is 27.5 Å². The van der Waals surface area contributed by atoms with E-state index in [-0.39, 0.29) is 19.0 Å². The number of benzene rings is 2. The van der Waals surface area contributed by atoms with Crippen LogP contribution in [-0.2, 0) is 13.2 Å². The summed E-state index contributed by atoms with van der Waals surface area (Å²) in [7, 11) is 0. The number of aliphatic hydroxyl groups is 1. The summed E-state index contributed by atoms with van der Waals surface area (Å²) in [6, 6.07) is 9.58. The molecule has 0 aliphatic heterocycles. The molecule has 0 spiro atoms. The lowest BCUT2D eigenvalue weighted by atomic mass is 10.2. The SMILES string of the molecule is OCc1cc(Br)ccc1OCc1cc(Cl)ccc1F. The zero-order valence-corrected chi connectivity index (χ0v) is 12.2.